The van der Waals surface area contributed by atoms with Gasteiger partial charge in [0, 0.05) is 17.9 Å². The Morgan fingerprint density at radius 1 is 1.38 bits per heavy atom. The summed E-state index contributed by atoms with van der Waals surface area (Å²) in [5.41, 5.74) is 1.99. The molecule has 1 aromatic rings. The van der Waals surface area contributed by atoms with Crippen LogP contribution in [0.2, 0.25) is 0 Å². The number of imide groups is 1. The Kier molecular flexibility index (Phi) is 2.84. The van der Waals surface area contributed by atoms with E-state index >= 15 is 0 Å². The van der Waals surface area contributed by atoms with Crippen LogP contribution >= 0.6 is 15.9 Å². The summed E-state index contributed by atoms with van der Waals surface area (Å²) in [6.45, 7) is 1.95. The summed E-state index contributed by atoms with van der Waals surface area (Å²) in [7, 11) is 1.54. The smallest absolute Gasteiger partial charge is 0.236 e. The average Bonchev–Trinajstić information content (AvgIpc) is 2.46. The number of likely N-dealkylation sites (tertiary alicyclic amines) is 1. The molecule has 1 unspecified atom stereocenters. The summed E-state index contributed by atoms with van der Waals surface area (Å²) in [6, 6.07) is 5.78. The van der Waals surface area contributed by atoms with Crippen LogP contribution < -0.4 is 0 Å². The molecular weight excluding hydrogens is 270 g/mol. The summed E-state index contributed by atoms with van der Waals surface area (Å²) < 4.78 is 0.985. The molecule has 0 aliphatic carbocycles. The Balaban J connectivity index is 2.39. The van der Waals surface area contributed by atoms with Gasteiger partial charge in [0.1, 0.15) is 0 Å². The van der Waals surface area contributed by atoms with E-state index < -0.39 is 0 Å². The first-order valence-electron chi connectivity index (χ1n) is 5.07. The van der Waals surface area contributed by atoms with Gasteiger partial charge in [0.2, 0.25) is 11.8 Å². The number of halogens is 1. The third-order valence-corrected chi connectivity index (χ3v) is 3.48. The van der Waals surface area contributed by atoms with Gasteiger partial charge in [0.05, 0.1) is 5.92 Å². The molecule has 4 heteroatoms. The van der Waals surface area contributed by atoms with Gasteiger partial charge in [-0.2, -0.15) is 0 Å². The Bertz CT molecular complexity index is 470. The first kappa shape index (κ1) is 11.3. The summed E-state index contributed by atoms with van der Waals surface area (Å²) in [5, 5.41) is 0. The molecule has 2 amide bonds. The van der Waals surface area contributed by atoms with Crippen LogP contribution in [0.15, 0.2) is 22.7 Å². The summed E-state index contributed by atoms with van der Waals surface area (Å²) in [5.74, 6) is -0.502. The summed E-state index contributed by atoms with van der Waals surface area (Å²) in [4.78, 5) is 24.5. The Labute approximate surface area is 103 Å². The van der Waals surface area contributed by atoms with Crippen LogP contribution in [0.5, 0.6) is 0 Å². The molecule has 1 fully saturated rings. The lowest BCUT2D eigenvalue weighted by Gasteiger charge is -2.12. The minimum absolute atomic E-state index is 0.0997. The van der Waals surface area contributed by atoms with Gasteiger partial charge in [0.15, 0.2) is 0 Å². The average molecular weight is 282 g/mol. The third-order valence-electron chi connectivity index (χ3n) is 2.99. The van der Waals surface area contributed by atoms with E-state index in [-0.39, 0.29) is 24.2 Å². The zero-order valence-electron chi connectivity index (χ0n) is 9.16. The van der Waals surface area contributed by atoms with Crippen molar-refractivity contribution < 1.29 is 9.59 Å². The van der Waals surface area contributed by atoms with E-state index in [1.165, 1.54) is 4.90 Å². The normalized spacial score (nSPS) is 20.7. The maximum absolute atomic E-state index is 11.8. The summed E-state index contributed by atoms with van der Waals surface area (Å²) in [6.07, 6.45) is 0.289. The first-order valence-corrected chi connectivity index (χ1v) is 5.86. The molecule has 1 aliphatic heterocycles. The maximum Gasteiger partial charge on any atom is 0.236 e. The van der Waals surface area contributed by atoms with E-state index in [1.54, 1.807) is 7.05 Å². The molecule has 0 N–H and O–H groups in total. The molecule has 2 rings (SSSR count). The van der Waals surface area contributed by atoms with Crippen molar-refractivity contribution in [1.82, 2.24) is 4.90 Å². The van der Waals surface area contributed by atoms with Gasteiger partial charge in [-0.3, -0.25) is 14.5 Å². The molecule has 3 nitrogen and oxygen atoms in total. The molecule has 0 bridgehead atoms. The second-order valence-electron chi connectivity index (χ2n) is 4.05. The number of aryl methyl sites for hydroxylation is 1. The molecule has 1 aliphatic rings. The first-order chi connectivity index (χ1) is 7.50. The zero-order chi connectivity index (χ0) is 11.9. The van der Waals surface area contributed by atoms with Crippen molar-refractivity contribution >= 4 is 27.7 Å². The zero-order valence-corrected chi connectivity index (χ0v) is 10.7. The van der Waals surface area contributed by atoms with E-state index in [0.717, 1.165) is 15.6 Å². The van der Waals surface area contributed by atoms with Crippen LogP contribution in [0.4, 0.5) is 0 Å². The second-order valence-corrected chi connectivity index (χ2v) is 4.96. The van der Waals surface area contributed by atoms with Crippen molar-refractivity contribution in [2.24, 2.45) is 0 Å². The van der Waals surface area contributed by atoms with E-state index in [0.29, 0.717) is 0 Å². The van der Waals surface area contributed by atoms with Gasteiger partial charge < -0.3 is 0 Å². The fourth-order valence-corrected chi connectivity index (χ4v) is 2.50. The largest absolute Gasteiger partial charge is 0.285 e. The monoisotopic (exact) mass is 281 g/mol. The van der Waals surface area contributed by atoms with Crippen molar-refractivity contribution in [3.8, 4) is 0 Å². The number of hydrogen-bond acceptors (Lipinski definition) is 2. The molecule has 0 spiro atoms. The highest BCUT2D eigenvalue weighted by atomic mass is 79.9. The molecule has 1 saturated heterocycles. The van der Waals surface area contributed by atoms with Gasteiger partial charge in [-0.15, -0.1) is 0 Å². The lowest BCUT2D eigenvalue weighted by atomic mass is 9.93. The number of benzene rings is 1. The molecule has 0 aromatic heterocycles. The number of carbonyl (C=O) groups excluding carboxylic acids is 2. The van der Waals surface area contributed by atoms with E-state index in [9.17, 15) is 9.59 Å². The Hall–Kier alpha value is -1.16. The number of carbonyl (C=O) groups is 2. The molecule has 1 atom stereocenters. The Morgan fingerprint density at radius 3 is 2.56 bits per heavy atom. The van der Waals surface area contributed by atoms with Crippen LogP contribution in [0, 0.1) is 6.92 Å². The molecule has 1 heterocycles. The second kappa shape index (κ2) is 4.01. The predicted molar refractivity (Wildman–Crippen MR) is 64.0 cm³/mol. The lowest BCUT2D eigenvalue weighted by Crippen LogP contribution is -2.25. The Morgan fingerprint density at radius 2 is 2.06 bits per heavy atom. The van der Waals surface area contributed by atoms with E-state index in [4.69, 9.17) is 0 Å². The third kappa shape index (κ3) is 1.78. The number of hydrogen-bond donors (Lipinski definition) is 0. The van der Waals surface area contributed by atoms with Gasteiger partial charge >= 0.3 is 0 Å². The summed E-state index contributed by atoms with van der Waals surface area (Å²) >= 11 is 3.38. The number of likely N-dealkylation sites (N-methyl/N-ethyl adjacent to an activating group) is 1. The van der Waals surface area contributed by atoms with E-state index in [2.05, 4.69) is 15.9 Å². The SMILES string of the molecule is Cc1cc(Br)ccc1C1CC(=O)N(C)C1=O. The van der Waals surface area contributed by atoms with Crippen molar-refractivity contribution in [3.05, 3.63) is 33.8 Å². The quantitative estimate of drug-likeness (QED) is 0.741. The van der Waals surface area contributed by atoms with Crippen molar-refractivity contribution in [3.63, 3.8) is 0 Å². The minimum atomic E-state index is -0.300. The minimum Gasteiger partial charge on any atom is -0.285 e. The van der Waals surface area contributed by atoms with E-state index in [1.807, 2.05) is 25.1 Å². The highest BCUT2D eigenvalue weighted by Crippen LogP contribution is 2.31. The number of rotatable bonds is 1. The van der Waals surface area contributed by atoms with Crippen LogP contribution in [0.1, 0.15) is 23.5 Å². The van der Waals surface area contributed by atoms with Crippen LogP contribution in [-0.4, -0.2) is 23.8 Å². The highest BCUT2D eigenvalue weighted by Gasteiger charge is 2.37. The molecule has 16 heavy (non-hydrogen) atoms. The van der Waals surface area contributed by atoms with Crippen LogP contribution in [-0.2, 0) is 9.59 Å². The molecule has 1 aromatic carbocycles. The topological polar surface area (TPSA) is 37.4 Å². The van der Waals surface area contributed by atoms with Crippen LogP contribution in [0.3, 0.4) is 0 Å². The van der Waals surface area contributed by atoms with Gasteiger partial charge in [-0.05, 0) is 30.2 Å². The molecule has 0 radical (unpaired) electrons. The van der Waals surface area contributed by atoms with Crippen molar-refractivity contribution in [2.75, 3.05) is 7.05 Å². The fraction of sp³-hybridized carbons (Fsp3) is 0.333. The lowest BCUT2D eigenvalue weighted by molar-refractivity contribution is -0.137. The van der Waals surface area contributed by atoms with Gasteiger partial charge in [-0.25, -0.2) is 0 Å². The number of nitrogens with zero attached hydrogens (tertiary/aromatic N) is 1. The van der Waals surface area contributed by atoms with Crippen LogP contribution in [0.25, 0.3) is 0 Å². The van der Waals surface area contributed by atoms with Crippen molar-refractivity contribution in [2.45, 2.75) is 19.3 Å². The maximum atomic E-state index is 11.8. The predicted octanol–water partition coefficient (Wildman–Crippen LogP) is 2.23. The van der Waals surface area contributed by atoms with Crippen molar-refractivity contribution in [1.29, 1.82) is 0 Å². The molecule has 0 saturated carbocycles. The molecular formula is C12H12BrNO2. The number of amides is 2. The van der Waals surface area contributed by atoms with Gasteiger partial charge in [0.25, 0.3) is 0 Å². The van der Waals surface area contributed by atoms with Gasteiger partial charge in [-0.1, -0.05) is 22.0 Å². The fourth-order valence-electron chi connectivity index (χ4n) is 2.03. The standard InChI is InChI=1S/C12H12BrNO2/c1-7-5-8(13)3-4-9(7)10-6-11(15)14(2)12(10)16/h3-5,10H,6H2,1-2H3. The molecule has 84 valence electrons. The highest BCUT2D eigenvalue weighted by molar-refractivity contribution is 9.10.